The van der Waals surface area contributed by atoms with Gasteiger partial charge in [-0.25, -0.2) is 19.2 Å². The number of carbonyl (C=O) groups excluding carboxylic acids is 4. The van der Waals surface area contributed by atoms with Crippen LogP contribution in [0.25, 0.3) is 0 Å². The normalized spacial score (nSPS) is 12.6. The summed E-state index contributed by atoms with van der Waals surface area (Å²) >= 11 is 0. The van der Waals surface area contributed by atoms with Crippen LogP contribution >= 0.6 is 0 Å². The Balaban J connectivity index is 5.98. The van der Waals surface area contributed by atoms with Gasteiger partial charge in [0.15, 0.2) is 0 Å². The highest BCUT2D eigenvalue weighted by Crippen LogP contribution is 2.30. The van der Waals surface area contributed by atoms with Crippen LogP contribution in [0.2, 0.25) is 6.04 Å². The number of rotatable bonds is 8. The number of ether oxygens (including phenoxy) is 1. The van der Waals surface area contributed by atoms with Crippen molar-refractivity contribution in [1.82, 2.24) is 0 Å². The van der Waals surface area contributed by atoms with Crippen molar-refractivity contribution in [2.45, 2.75) is 37.9 Å². The molecule has 0 spiro atoms. The lowest BCUT2D eigenvalue weighted by Crippen LogP contribution is -2.55. The first-order valence-corrected chi connectivity index (χ1v) is 9.37. The lowest BCUT2D eigenvalue weighted by atomic mass is 10.4. The highest BCUT2D eigenvalue weighted by Gasteiger charge is 2.62. The average molecular weight is 494 g/mol. The monoisotopic (exact) mass is 494 g/mol. The molecule has 18 heteroatoms. The zero-order chi connectivity index (χ0) is 24.8. The molecule has 0 fully saturated rings. The zero-order valence-electron chi connectivity index (χ0n) is 15.0. The first-order chi connectivity index (χ1) is 13.7. The van der Waals surface area contributed by atoms with Crippen molar-refractivity contribution in [2.75, 3.05) is 6.61 Å². The fourth-order valence-electron chi connectivity index (χ4n) is 1.39. The number of halogens is 9. The molecule has 31 heavy (non-hydrogen) atoms. The highest BCUT2D eigenvalue weighted by atomic mass is 28.4. The van der Waals surface area contributed by atoms with E-state index in [0.717, 1.165) is 6.92 Å². The molecule has 0 N–H and O–H groups in total. The maximum absolute atomic E-state index is 12.4. The number of esters is 1. The second-order valence-corrected chi connectivity index (χ2v) is 7.84. The molecule has 0 bridgehead atoms. The fraction of sp³-hybridized carbons (Fsp3) is 0.538. The van der Waals surface area contributed by atoms with Crippen LogP contribution in [-0.4, -0.2) is 57.8 Å². The zero-order valence-corrected chi connectivity index (χ0v) is 16.0. The van der Waals surface area contributed by atoms with E-state index in [1.165, 1.54) is 0 Å². The maximum atomic E-state index is 12.4. The van der Waals surface area contributed by atoms with Gasteiger partial charge in [-0.05, 0) is 13.3 Å². The van der Waals surface area contributed by atoms with Crippen molar-refractivity contribution in [3.63, 3.8) is 0 Å². The maximum Gasteiger partial charge on any atom is 0.705 e. The summed E-state index contributed by atoms with van der Waals surface area (Å²) in [5.41, 5.74) is -0.209. The van der Waals surface area contributed by atoms with Gasteiger partial charge in [0.25, 0.3) is 0 Å². The summed E-state index contributed by atoms with van der Waals surface area (Å²) in [6, 6.07) is -1.58. The quantitative estimate of drug-likeness (QED) is 0.167. The molecule has 0 aromatic rings. The molecular formula is C13H11F9O8Si. The Hall–Kier alpha value is -2.79. The Morgan fingerprint density at radius 1 is 0.742 bits per heavy atom. The van der Waals surface area contributed by atoms with E-state index in [1.54, 1.807) is 0 Å². The van der Waals surface area contributed by atoms with Crippen molar-refractivity contribution in [2.24, 2.45) is 0 Å². The number of hydrogen-bond donors (Lipinski definition) is 0. The lowest BCUT2D eigenvalue weighted by molar-refractivity contribution is -0.209. The largest absolute Gasteiger partial charge is 0.705 e. The van der Waals surface area contributed by atoms with Crippen LogP contribution in [0.3, 0.4) is 0 Å². The molecule has 0 amide bonds. The van der Waals surface area contributed by atoms with Crippen LogP contribution in [-0.2, 0) is 37.2 Å². The molecule has 0 heterocycles. The van der Waals surface area contributed by atoms with E-state index >= 15 is 0 Å². The Bertz CT molecular complexity index is 657. The van der Waals surface area contributed by atoms with Crippen molar-refractivity contribution in [1.29, 1.82) is 0 Å². The van der Waals surface area contributed by atoms with E-state index in [1.807, 2.05) is 0 Å². The molecule has 0 saturated carbocycles. The third kappa shape index (κ3) is 9.70. The summed E-state index contributed by atoms with van der Waals surface area (Å²) < 4.78 is 127. The van der Waals surface area contributed by atoms with Gasteiger partial charge in [0.05, 0.1) is 12.7 Å². The van der Waals surface area contributed by atoms with Crippen LogP contribution in [0.5, 0.6) is 0 Å². The Labute approximate surface area is 167 Å². The van der Waals surface area contributed by atoms with Crippen molar-refractivity contribution < 1.29 is 76.7 Å². The first kappa shape index (κ1) is 28.2. The molecule has 0 aromatic carbocycles. The van der Waals surface area contributed by atoms with Gasteiger partial charge < -0.3 is 18.0 Å². The SMILES string of the molecule is C=C(C)C(=O)OCCC[Si](OC(=O)C(F)(F)F)(OC(=O)C(F)(F)F)OC(=O)C(F)(F)F. The first-order valence-electron chi connectivity index (χ1n) is 7.44. The number of alkyl halides is 9. The molecule has 0 aliphatic rings. The van der Waals surface area contributed by atoms with Gasteiger partial charge in [-0.2, -0.15) is 39.5 Å². The van der Waals surface area contributed by atoms with Gasteiger partial charge in [-0.1, -0.05) is 6.58 Å². The van der Waals surface area contributed by atoms with E-state index in [0.29, 0.717) is 0 Å². The van der Waals surface area contributed by atoms with Crippen LogP contribution in [0.1, 0.15) is 13.3 Å². The van der Waals surface area contributed by atoms with E-state index in [4.69, 9.17) is 0 Å². The van der Waals surface area contributed by atoms with Crippen molar-refractivity contribution >= 4 is 32.7 Å². The summed E-state index contributed by atoms with van der Waals surface area (Å²) in [4.78, 5) is 44.2. The molecule has 0 radical (unpaired) electrons. The third-order valence-corrected chi connectivity index (χ3v) is 5.10. The van der Waals surface area contributed by atoms with E-state index < -0.39 is 70.3 Å². The van der Waals surface area contributed by atoms with Crippen LogP contribution < -0.4 is 0 Å². The molecular weight excluding hydrogens is 483 g/mol. The van der Waals surface area contributed by atoms with Gasteiger partial charge in [0, 0.05) is 5.57 Å². The van der Waals surface area contributed by atoms with Gasteiger partial charge in [-0.15, -0.1) is 0 Å². The molecule has 0 unspecified atom stereocenters. The molecule has 0 atom stereocenters. The average Bonchev–Trinajstić information content (AvgIpc) is 2.55. The summed E-state index contributed by atoms with van der Waals surface area (Å²) in [5, 5.41) is 0. The smallest absolute Gasteiger partial charge is 0.462 e. The molecule has 0 aliphatic carbocycles. The second-order valence-electron chi connectivity index (χ2n) is 5.36. The molecule has 0 saturated heterocycles. The predicted octanol–water partition coefficient (Wildman–Crippen LogP) is 2.75. The summed E-state index contributed by atoms with van der Waals surface area (Å²) in [5.74, 6) is -11.3. The van der Waals surface area contributed by atoms with Gasteiger partial charge in [-0.3, -0.25) is 0 Å². The summed E-state index contributed by atoms with van der Waals surface area (Å²) in [7, 11) is -6.34. The minimum atomic E-state index is -6.34. The summed E-state index contributed by atoms with van der Waals surface area (Å²) in [6.45, 7) is 3.38. The summed E-state index contributed by atoms with van der Waals surface area (Å²) in [6.07, 6.45) is -18.9. The van der Waals surface area contributed by atoms with Crippen LogP contribution in [0.15, 0.2) is 12.2 Å². The standard InChI is InChI=1S/C13H11F9O8Si/c1-6(2)7(23)27-4-3-5-31(28-8(24)11(14,15)16,29-9(25)12(17,18)19)30-10(26)13(20,21)22/h1,3-5H2,2H3. The van der Waals surface area contributed by atoms with Gasteiger partial charge in [0.1, 0.15) is 0 Å². The van der Waals surface area contributed by atoms with E-state index in [9.17, 15) is 58.7 Å². The number of hydrogen-bond acceptors (Lipinski definition) is 8. The number of carbonyl (C=O) groups is 4. The molecule has 178 valence electrons. The topological polar surface area (TPSA) is 105 Å². The second kappa shape index (κ2) is 10.0. The molecule has 0 aliphatic heterocycles. The Kier molecular flexibility index (Phi) is 9.11. The minimum absolute atomic E-state index is 0.209. The third-order valence-electron chi connectivity index (χ3n) is 2.65. The van der Waals surface area contributed by atoms with E-state index in [2.05, 4.69) is 24.6 Å². The van der Waals surface area contributed by atoms with Gasteiger partial charge in [0.2, 0.25) is 0 Å². The lowest BCUT2D eigenvalue weighted by Gasteiger charge is -2.28. The Morgan fingerprint density at radius 2 is 1.06 bits per heavy atom. The van der Waals surface area contributed by atoms with Crippen LogP contribution in [0, 0.1) is 0 Å². The van der Waals surface area contributed by atoms with Crippen LogP contribution in [0.4, 0.5) is 39.5 Å². The highest BCUT2D eigenvalue weighted by molar-refractivity contribution is 6.65. The Morgan fingerprint density at radius 3 is 1.32 bits per heavy atom. The van der Waals surface area contributed by atoms with Gasteiger partial charge >= 0.3 is 51.2 Å². The van der Waals surface area contributed by atoms with E-state index in [-0.39, 0.29) is 5.57 Å². The molecule has 8 nitrogen and oxygen atoms in total. The van der Waals surface area contributed by atoms with Crippen molar-refractivity contribution in [3.8, 4) is 0 Å². The fourth-order valence-corrected chi connectivity index (χ4v) is 3.59. The predicted molar refractivity (Wildman–Crippen MR) is 77.4 cm³/mol. The van der Waals surface area contributed by atoms with Crippen molar-refractivity contribution in [3.05, 3.63) is 12.2 Å². The minimum Gasteiger partial charge on any atom is -0.462 e. The molecule has 0 aromatic heterocycles. The molecule has 0 rings (SSSR count).